The molecule has 0 aliphatic rings. The van der Waals surface area contributed by atoms with Gasteiger partial charge in [-0.25, -0.2) is 4.79 Å². The summed E-state index contributed by atoms with van der Waals surface area (Å²) < 4.78 is 5.19. The fourth-order valence-corrected chi connectivity index (χ4v) is 3.74. The van der Waals surface area contributed by atoms with Gasteiger partial charge >= 0.3 is 5.97 Å². The molecule has 1 heterocycles. The Balaban J connectivity index is 1.84. The summed E-state index contributed by atoms with van der Waals surface area (Å²) in [6.07, 6.45) is 0. The number of hydrogen-bond donors (Lipinski definition) is 1. The van der Waals surface area contributed by atoms with E-state index in [-0.39, 0.29) is 30.2 Å². The first kappa shape index (κ1) is 20.2. The molecule has 8 heteroatoms. The fraction of sp³-hybridized carbons (Fsp3) is 0.143. The molecule has 3 aromatic rings. The number of hydrogen-bond acceptors (Lipinski definition) is 7. The minimum Gasteiger partial charge on any atom is -0.462 e. The van der Waals surface area contributed by atoms with Crippen LogP contribution in [0.25, 0.3) is 11.1 Å². The van der Waals surface area contributed by atoms with Crippen LogP contribution in [0.15, 0.2) is 60.0 Å². The SMILES string of the molecule is CCOC(=O)c1c(-c2ccccc2)csc1NCC(=O)c1cccc([N+](=O)[O-])c1. The average molecular weight is 410 g/mol. The van der Waals surface area contributed by atoms with Crippen molar-refractivity contribution < 1.29 is 19.2 Å². The highest BCUT2D eigenvalue weighted by Crippen LogP contribution is 2.36. The second-order valence-electron chi connectivity index (χ2n) is 6.02. The van der Waals surface area contributed by atoms with Crippen LogP contribution < -0.4 is 5.32 Å². The topological polar surface area (TPSA) is 98.5 Å². The summed E-state index contributed by atoms with van der Waals surface area (Å²) in [5.74, 6) is -0.795. The van der Waals surface area contributed by atoms with Gasteiger partial charge in [-0.3, -0.25) is 14.9 Å². The van der Waals surface area contributed by atoms with Crippen LogP contribution in [0.1, 0.15) is 27.6 Å². The molecule has 0 atom stereocenters. The number of rotatable bonds is 8. The van der Waals surface area contributed by atoms with Gasteiger partial charge in [-0.05, 0) is 12.5 Å². The molecule has 148 valence electrons. The lowest BCUT2D eigenvalue weighted by Gasteiger charge is -2.09. The van der Waals surface area contributed by atoms with Gasteiger partial charge in [0.1, 0.15) is 10.6 Å². The summed E-state index contributed by atoms with van der Waals surface area (Å²) in [5, 5.41) is 16.2. The molecule has 2 aromatic carbocycles. The average Bonchev–Trinajstić information content (AvgIpc) is 3.17. The molecule has 0 fully saturated rings. The maximum atomic E-state index is 12.5. The molecule has 0 spiro atoms. The summed E-state index contributed by atoms with van der Waals surface area (Å²) in [5.41, 5.74) is 2.04. The van der Waals surface area contributed by atoms with E-state index >= 15 is 0 Å². The molecule has 7 nitrogen and oxygen atoms in total. The number of thiophene rings is 1. The van der Waals surface area contributed by atoms with E-state index in [2.05, 4.69) is 5.32 Å². The Morgan fingerprint density at radius 2 is 1.90 bits per heavy atom. The zero-order chi connectivity index (χ0) is 20.8. The van der Waals surface area contributed by atoms with E-state index in [4.69, 9.17) is 4.74 Å². The number of nitrogens with one attached hydrogen (secondary N) is 1. The Morgan fingerprint density at radius 3 is 2.59 bits per heavy atom. The molecule has 0 amide bonds. The van der Waals surface area contributed by atoms with Gasteiger partial charge in [0.2, 0.25) is 0 Å². The van der Waals surface area contributed by atoms with Crippen molar-refractivity contribution >= 4 is 33.8 Å². The minimum absolute atomic E-state index is 0.109. The van der Waals surface area contributed by atoms with Gasteiger partial charge in [-0.2, -0.15) is 0 Å². The van der Waals surface area contributed by atoms with E-state index in [1.165, 1.54) is 35.6 Å². The van der Waals surface area contributed by atoms with Gasteiger partial charge < -0.3 is 10.1 Å². The van der Waals surface area contributed by atoms with Crippen LogP contribution in [0, 0.1) is 10.1 Å². The molecule has 0 radical (unpaired) electrons. The molecule has 0 unspecified atom stereocenters. The quantitative estimate of drug-likeness (QED) is 0.248. The lowest BCUT2D eigenvalue weighted by molar-refractivity contribution is -0.384. The predicted molar refractivity (Wildman–Crippen MR) is 112 cm³/mol. The third-order valence-corrected chi connectivity index (χ3v) is 5.08. The number of non-ortho nitro benzene ring substituents is 1. The fourth-order valence-electron chi connectivity index (χ4n) is 2.78. The van der Waals surface area contributed by atoms with Crippen LogP contribution in [-0.4, -0.2) is 29.8 Å². The standard InChI is InChI=1S/C21H18N2O5S/c1-2-28-21(25)19-17(14-7-4-3-5-8-14)13-29-20(19)22-12-18(24)15-9-6-10-16(11-15)23(26)27/h3-11,13,22H,2,12H2,1H3. The number of esters is 1. The molecule has 0 saturated heterocycles. The number of nitro groups is 1. The van der Waals surface area contributed by atoms with Crippen molar-refractivity contribution in [3.63, 3.8) is 0 Å². The second-order valence-corrected chi connectivity index (χ2v) is 6.90. The molecule has 29 heavy (non-hydrogen) atoms. The first-order chi connectivity index (χ1) is 14.0. The van der Waals surface area contributed by atoms with E-state index in [1.54, 1.807) is 6.92 Å². The third-order valence-electron chi connectivity index (χ3n) is 4.14. The molecule has 0 saturated carbocycles. The Bertz CT molecular complexity index is 1050. The Hall–Kier alpha value is -3.52. The summed E-state index contributed by atoms with van der Waals surface area (Å²) in [7, 11) is 0. The monoisotopic (exact) mass is 410 g/mol. The van der Waals surface area contributed by atoms with Gasteiger partial charge in [-0.15, -0.1) is 11.3 Å². The highest BCUT2D eigenvalue weighted by molar-refractivity contribution is 7.15. The number of carbonyl (C=O) groups is 2. The van der Waals surface area contributed by atoms with Crippen molar-refractivity contribution in [2.75, 3.05) is 18.5 Å². The van der Waals surface area contributed by atoms with Crippen molar-refractivity contribution in [2.24, 2.45) is 0 Å². The lowest BCUT2D eigenvalue weighted by atomic mass is 10.0. The Labute approximate surface area is 171 Å². The van der Waals surface area contributed by atoms with Gasteiger partial charge in [0.15, 0.2) is 5.78 Å². The van der Waals surface area contributed by atoms with Crippen molar-refractivity contribution in [2.45, 2.75) is 6.92 Å². The molecule has 1 N–H and O–H groups in total. The van der Waals surface area contributed by atoms with E-state index in [0.717, 1.165) is 11.1 Å². The maximum Gasteiger partial charge on any atom is 0.341 e. The largest absolute Gasteiger partial charge is 0.462 e. The van der Waals surface area contributed by atoms with Gasteiger partial charge in [0, 0.05) is 28.6 Å². The summed E-state index contributed by atoms with van der Waals surface area (Å²) in [6.45, 7) is 1.85. The number of ether oxygens (including phenoxy) is 1. The zero-order valence-electron chi connectivity index (χ0n) is 15.6. The van der Waals surface area contributed by atoms with Crippen molar-refractivity contribution in [3.8, 4) is 11.1 Å². The maximum absolute atomic E-state index is 12.5. The predicted octanol–water partition coefficient (Wildman–Crippen LogP) is 4.79. The number of nitrogens with zero attached hydrogens (tertiary/aromatic N) is 1. The highest BCUT2D eigenvalue weighted by atomic mass is 32.1. The summed E-state index contributed by atoms with van der Waals surface area (Å²) >= 11 is 1.30. The van der Waals surface area contributed by atoms with E-state index in [0.29, 0.717) is 10.6 Å². The van der Waals surface area contributed by atoms with Crippen LogP contribution >= 0.6 is 11.3 Å². The Kier molecular flexibility index (Phi) is 6.36. The van der Waals surface area contributed by atoms with E-state index < -0.39 is 10.9 Å². The molecule has 0 bridgehead atoms. The van der Waals surface area contributed by atoms with E-state index in [1.807, 2.05) is 35.7 Å². The van der Waals surface area contributed by atoms with Crippen LogP contribution in [0.5, 0.6) is 0 Å². The molecule has 1 aromatic heterocycles. The Morgan fingerprint density at radius 1 is 1.14 bits per heavy atom. The van der Waals surface area contributed by atoms with Gasteiger partial charge in [-0.1, -0.05) is 42.5 Å². The first-order valence-corrected chi connectivity index (χ1v) is 9.74. The number of carbonyl (C=O) groups excluding carboxylic acids is 2. The normalized spacial score (nSPS) is 10.4. The first-order valence-electron chi connectivity index (χ1n) is 8.86. The van der Waals surface area contributed by atoms with Crippen LogP contribution in [0.2, 0.25) is 0 Å². The molecule has 3 rings (SSSR count). The van der Waals surface area contributed by atoms with E-state index in [9.17, 15) is 19.7 Å². The highest BCUT2D eigenvalue weighted by Gasteiger charge is 2.22. The zero-order valence-corrected chi connectivity index (χ0v) is 16.4. The van der Waals surface area contributed by atoms with Crippen LogP contribution in [-0.2, 0) is 4.74 Å². The minimum atomic E-state index is -0.547. The smallest absolute Gasteiger partial charge is 0.341 e. The lowest BCUT2D eigenvalue weighted by Crippen LogP contribution is -2.16. The number of benzene rings is 2. The van der Waals surface area contributed by atoms with Gasteiger partial charge in [0.25, 0.3) is 5.69 Å². The summed E-state index contributed by atoms with van der Waals surface area (Å²) in [4.78, 5) is 35.4. The van der Waals surface area contributed by atoms with Crippen molar-refractivity contribution in [1.82, 2.24) is 0 Å². The summed E-state index contributed by atoms with van der Waals surface area (Å²) in [6, 6.07) is 15.0. The number of nitro benzene ring substituents is 1. The number of anilines is 1. The van der Waals surface area contributed by atoms with Gasteiger partial charge in [0.05, 0.1) is 18.1 Å². The number of Topliss-reactive ketones (excluding diaryl/α,β-unsaturated/α-hetero) is 1. The second kappa shape index (κ2) is 9.11. The van der Waals surface area contributed by atoms with Crippen molar-refractivity contribution in [3.05, 3.63) is 81.2 Å². The number of ketones is 1. The molecule has 0 aliphatic heterocycles. The van der Waals surface area contributed by atoms with Crippen LogP contribution in [0.4, 0.5) is 10.7 Å². The third kappa shape index (κ3) is 4.67. The molecular weight excluding hydrogens is 392 g/mol. The van der Waals surface area contributed by atoms with Crippen molar-refractivity contribution in [1.29, 1.82) is 0 Å². The molecule has 0 aliphatic carbocycles. The van der Waals surface area contributed by atoms with Crippen LogP contribution in [0.3, 0.4) is 0 Å². The molecular formula is C21H18N2O5S.